The Labute approximate surface area is 163 Å². The lowest BCUT2D eigenvalue weighted by atomic mass is 10.2. The Morgan fingerprint density at radius 2 is 1.78 bits per heavy atom. The molecule has 2 saturated heterocycles. The standard InChI is InChI=1S/C8H10O.C5H11N.C4H9NO.C3H7NO2/c1-7-3-5-8(9-2)6-4-7;1-2-4-6-5-3-1;6-4-1-2-5-3-4;1-2-4-3(5)6/h3-6H,1-2H3;6H,1-5H2;4-6H,1-3H2;4H,2H2,1H3,(H,5,6). The normalized spacial score (nSPS) is 17.7. The molecule has 0 spiro atoms. The second kappa shape index (κ2) is 17.6. The Morgan fingerprint density at radius 3 is 2.00 bits per heavy atom. The lowest BCUT2D eigenvalue weighted by Crippen LogP contribution is -2.21. The van der Waals surface area contributed by atoms with E-state index >= 15 is 0 Å². The number of hydrogen-bond acceptors (Lipinski definition) is 5. The highest BCUT2D eigenvalue weighted by Crippen LogP contribution is 2.09. The minimum Gasteiger partial charge on any atom is -0.497 e. The lowest BCUT2D eigenvalue weighted by Gasteiger charge is -2.08. The third kappa shape index (κ3) is 17.3. The highest BCUT2D eigenvalue weighted by atomic mass is 16.5. The minimum absolute atomic E-state index is 0.0648. The number of amides is 1. The SMILES string of the molecule is C1CCNCC1.CCNC(=O)O.COc1ccc(C)cc1.OC1CCNC1. The summed E-state index contributed by atoms with van der Waals surface area (Å²) in [4.78, 5) is 9.49. The van der Waals surface area contributed by atoms with Gasteiger partial charge in [-0.25, -0.2) is 4.79 Å². The van der Waals surface area contributed by atoms with Gasteiger partial charge in [0.1, 0.15) is 5.75 Å². The van der Waals surface area contributed by atoms with Gasteiger partial charge in [0, 0.05) is 13.1 Å². The first kappa shape index (κ1) is 25.2. The number of ether oxygens (including phenoxy) is 1. The molecule has 3 rings (SSSR count). The van der Waals surface area contributed by atoms with Gasteiger partial charge in [0.25, 0.3) is 0 Å². The van der Waals surface area contributed by atoms with Crippen molar-refractivity contribution in [3.8, 4) is 5.75 Å². The molecule has 1 amide bonds. The van der Waals surface area contributed by atoms with Crippen LogP contribution in [0.2, 0.25) is 0 Å². The summed E-state index contributed by atoms with van der Waals surface area (Å²) in [6, 6.07) is 7.96. The number of nitrogens with one attached hydrogen (secondary N) is 3. The number of β-amino-alcohol motifs (C(OH)–C–C–N with tert-alkyl or cyclic N) is 1. The van der Waals surface area contributed by atoms with Gasteiger partial charge in [0.05, 0.1) is 13.2 Å². The summed E-state index contributed by atoms with van der Waals surface area (Å²) in [6.45, 7) is 8.55. The highest BCUT2D eigenvalue weighted by Gasteiger charge is 2.08. The quantitative estimate of drug-likeness (QED) is 0.537. The van der Waals surface area contributed by atoms with Crippen molar-refractivity contribution in [3.05, 3.63) is 29.8 Å². The summed E-state index contributed by atoms with van der Waals surface area (Å²) in [5.41, 5.74) is 1.26. The molecule has 0 saturated carbocycles. The Balaban J connectivity index is 0.000000340. The molecule has 0 aromatic heterocycles. The van der Waals surface area contributed by atoms with E-state index in [1.165, 1.54) is 37.9 Å². The van der Waals surface area contributed by atoms with Crippen molar-refractivity contribution in [2.45, 2.75) is 45.6 Å². The Hall–Kier alpha value is -1.83. The van der Waals surface area contributed by atoms with Crippen LogP contribution in [0, 0.1) is 6.92 Å². The van der Waals surface area contributed by atoms with Gasteiger partial charge in [0.2, 0.25) is 0 Å². The van der Waals surface area contributed by atoms with Crippen molar-refractivity contribution < 1.29 is 19.7 Å². The first-order chi connectivity index (χ1) is 13.0. The van der Waals surface area contributed by atoms with Gasteiger partial charge in [0.15, 0.2) is 0 Å². The van der Waals surface area contributed by atoms with Gasteiger partial charge in [-0.2, -0.15) is 0 Å². The third-order valence-electron chi connectivity index (χ3n) is 3.83. The summed E-state index contributed by atoms with van der Waals surface area (Å²) in [5, 5.41) is 24.9. The fourth-order valence-corrected chi connectivity index (χ4v) is 2.27. The molecular formula is C20H37N3O4. The molecule has 0 bridgehead atoms. The molecule has 0 aliphatic carbocycles. The number of aliphatic hydroxyl groups excluding tert-OH is 1. The molecule has 2 aliphatic heterocycles. The number of aliphatic hydroxyl groups is 1. The van der Waals surface area contributed by atoms with E-state index in [1.54, 1.807) is 14.0 Å². The van der Waals surface area contributed by atoms with Gasteiger partial charge in [-0.3, -0.25) is 0 Å². The molecule has 2 heterocycles. The topological polar surface area (TPSA) is 103 Å². The fraction of sp³-hybridized carbons (Fsp3) is 0.650. The second-order valence-corrected chi connectivity index (χ2v) is 6.31. The number of piperidine rings is 1. The van der Waals surface area contributed by atoms with Crippen LogP contribution in [0.15, 0.2) is 24.3 Å². The molecule has 1 aromatic carbocycles. The van der Waals surface area contributed by atoms with Crippen LogP contribution in [0.5, 0.6) is 5.75 Å². The van der Waals surface area contributed by atoms with Gasteiger partial charge in [-0.1, -0.05) is 24.1 Å². The van der Waals surface area contributed by atoms with E-state index in [1.807, 2.05) is 24.3 Å². The van der Waals surface area contributed by atoms with Crippen molar-refractivity contribution in [1.82, 2.24) is 16.0 Å². The molecule has 1 aromatic rings. The number of rotatable bonds is 2. The maximum atomic E-state index is 9.49. The van der Waals surface area contributed by atoms with E-state index in [4.69, 9.17) is 14.9 Å². The average Bonchev–Trinajstić information content (AvgIpc) is 3.16. The Kier molecular flexibility index (Phi) is 16.4. The van der Waals surface area contributed by atoms with E-state index in [-0.39, 0.29) is 6.10 Å². The smallest absolute Gasteiger partial charge is 0.404 e. The number of aryl methyl sites for hydroxylation is 1. The summed E-state index contributed by atoms with van der Waals surface area (Å²) in [6.07, 6.45) is 4.12. The molecule has 2 aliphatic rings. The van der Waals surface area contributed by atoms with Crippen molar-refractivity contribution in [2.24, 2.45) is 0 Å². The zero-order valence-corrected chi connectivity index (χ0v) is 17.0. The number of carboxylic acid groups (broad SMARTS) is 1. The summed E-state index contributed by atoms with van der Waals surface area (Å²) >= 11 is 0. The first-order valence-electron chi connectivity index (χ1n) is 9.66. The van der Waals surface area contributed by atoms with Crippen molar-refractivity contribution in [3.63, 3.8) is 0 Å². The van der Waals surface area contributed by atoms with Gasteiger partial charge in [-0.15, -0.1) is 0 Å². The van der Waals surface area contributed by atoms with E-state index in [2.05, 4.69) is 22.9 Å². The van der Waals surface area contributed by atoms with Gasteiger partial charge >= 0.3 is 6.09 Å². The molecule has 5 N–H and O–H groups in total. The van der Waals surface area contributed by atoms with Crippen molar-refractivity contribution in [1.29, 1.82) is 0 Å². The van der Waals surface area contributed by atoms with E-state index in [9.17, 15) is 4.79 Å². The van der Waals surface area contributed by atoms with Gasteiger partial charge in [-0.05, 0) is 64.9 Å². The molecule has 7 heteroatoms. The predicted molar refractivity (Wildman–Crippen MR) is 110 cm³/mol. The summed E-state index contributed by atoms with van der Waals surface area (Å²) in [5.74, 6) is 0.917. The second-order valence-electron chi connectivity index (χ2n) is 6.31. The molecular weight excluding hydrogens is 346 g/mol. The molecule has 7 nitrogen and oxygen atoms in total. The van der Waals surface area contributed by atoms with E-state index in [0.29, 0.717) is 6.54 Å². The number of benzene rings is 1. The van der Waals surface area contributed by atoms with E-state index in [0.717, 1.165) is 25.3 Å². The number of carbonyl (C=O) groups is 1. The van der Waals surface area contributed by atoms with Crippen LogP contribution in [0.1, 0.15) is 38.2 Å². The van der Waals surface area contributed by atoms with Crippen LogP contribution < -0.4 is 20.7 Å². The molecule has 1 atom stereocenters. The first-order valence-corrected chi connectivity index (χ1v) is 9.66. The fourth-order valence-electron chi connectivity index (χ4n) is 2.27. The van der Waals surface area contributed by atoms with Crippen molar-refractivity contribution >= 4 is 6.09 Å². The zero-order valence-electron chi connectivity index (χ0n) is 17.0. The molecule has 1 unspecified atom stereocenters. The predicted octanol–water partition coefficient (Wildman–Crippen LogP) is 2.38. The third-order valence-corrected chi connectivity index (χ3v) is 3.83. The molecule has 27 heavy (non-hydrogen) atoms. The van der Waals surface area contributed by atoms with Crippen LogP contribution in [0.3, 0.4) is 0 Å². The van der Waals surface area contributed by atoms with Crippen molar-refractivity contribution in [2.75, 3.05) is 39.8 Å². The Bertz CT molecular complexity index is 447. The molecule has 2 fully saturated rings. The minimum atomic E-state index is -0.961. The van der Waals surface area contributed by atoms with E-state index < -0.39 is 6.09 Å². The summed E-state index contributed by atoms with van der Waals surface area (Å²) < 4.78 is 4.97. The number of methoxy groups -OCH3 is 1. The lowest BCUT2D eigenvalue weighted by molar-refractivity contribution is 0.195. The number of hydrogen-bond donors (Lipinski definition) is 5. The highest BCUT2D eigenvalue weighted by molar-refractivity contribution is 5.64. The molecule has 156 valence electrons. The van der Waals surface area contributed by atoms with Crippen LogP contribution >= 0.6 is 0 Å². The summed E-state index contributed by atoms with van der Waals surface area (Å²) in [7, 11) is 1.67. The largest absolute Gasteiger partial charge is 0.497 e. The average molecular weight is 384 g/mol. The maximum Gasteiger partial charge on any atom is 0.404 e. The Morgan fingerprint density at radius 1 is 1.15 bits per heavy atom. The van der Waals surface area contributed by atoms with Crippen LogP contribution in [-0.4, -0.2) is 62.2 Å². The van der Waals surface area contributed by atoms with Crippen LogP contribution in [0.4, 0.5) is 4.79 Å². The van der Waals surface area contributed by atoms with Gasteiger partial charge < -0.3 is 30.9 Å². The molecule has 0 radical (unpaired) electrons. The van der Waals surface area contributed by atoms with Crippen LogP contribution in [0.25, 0.3) is 0 Å². The maximum absolute atomic E-state index is 9.49. The monoisotopic (exact) mass is 383 g/mol. The zero-order chi connectivity index (χ0) is 20.3. The van der Waals surface area contributed by atoms with Crippen LogP contribution in [-0.2, 0) is 0 Å².